The van der Waals surface area contributed by atoms with E-state index >= 15 is 0 Å². The zero-order valence-corrected chi connectivity index (χ0v) is 15.8. The van der Waals surface area contributed by atoms with Crippen molar-refractivity contribution in [1.82, 2.24) is 14.5 Å². The second-order valence-electron chi connectivity index (χ2n) is 6.82. The number of hydrogen-bond acceptors (Lipinski definition) is 5. The molecule has 7 heteroatoms. The number of aromatic nitrogens is 3. The van der Waals surface area contributed by atoms with E-state index in [1.165, 1.54) is 13.3 Å². The molecule has 0 fully saturated rings. The normalized spacial score (nSPS) is 13.3. The fourth-order valence-corrected chi connectivity index (χ4v) is 3.13. The summed E-state index contributed by atoms with van der Waals surface area (Å²) in [6.07, 6.45) is 1.48. The first-order valence-electron chi connectivity index (χ1n) is 9.28. The predicted octanol–water partition coefficient (Wildman–Crippen LogP) is 2.50. The van der Waals surface area contributed by atoms with Gasteiger partial charge < -0.3 is 24.5 Å². The van der Waals surface area contributed by atoms with E-state index < -0.39 is 12.2 Å². The van der Waals surface area contributed by atoms with Gasteiger partial charge in [0.05, 0.1) is 17.8 Å². The van der Waals surface area contributed by atoms with Gasteiger partial charge in [-0.1, -0.05) is 30.3 Å². The lowest BCUT2D eigenvalue weighted by Crippen LogP contribution is -2.29. The van der Waals surface area contributed by atoms with Crippen LogP contribution in [0.25, 0.3) is 27.8 Å². The molecule has 0 radical (unpaired) electrons. The minimum Gasteiger partial charge on any atom is -0.491 e. The monoisotopic (exact) mass is 391 g/mol. The maximum Gasteiger partial charge on any atom is 0.260 e. The third-order valence-electron chi connectivity index (χ3n) is 4.77. The summed E-state index contributed by atoms with van der Waals surface area (Å²) in [5, 5.41) is 19.5. The Morgan fingerprint density at radius 2 is 1.83 bits per heavy atom. The first-order chi connectivity index (χ1) is 14.0. The fraction of sp³-hybridized carbons (Fsp3) is 0.182. The van der Waals surface area contributed by atoms with Crippen LogP contribution in [0.5, 0.6) is 5.75 Å². The molecular formula is C22H21N3O4. The molecule has 2 aromatic carbocycles. The van der Waals surface area contributed by atoms with Crippen LogP contribution < -0.4 is 10.3 Å². The highest BCUT2D eigenvalue weighted by Crippen LogP contribution is 2.30. The Kier molecular flexibility index (Phi) is 5.16. The quantitative estimate of drug-likeness (QED) is 0.469. The van der Waals surface area contributed by atoms with Gasteiger partial charge in [-0.15, -0.1) is 0 Å². The van der Waals surface area contributed by atoms with Crippen LogP contribution in [-0.4, -0.2) is 43.6 Å². The molecule has 0 bridgehead atoms. The van der Waals surface area contributed by atoms with Crippen LogP contribution in [0.4, 0.5) is 0 Å². The van der Waals surface area contributed by atoms with Crippen molar-refractivity contribution < 1.29 is 14.9 Å². The first kappa shape index (κ1) is 18.9. The molecule has 4 rings (SSSR count). The molecule has 0 aliphatic heterocycles. The molecule has 29 heavy (non-hydrogen) atoms. The molecule has 0 saturated heterocycles. The summed E-state index contributed by atoms with van der Waals surface area (Å²) in [6, 6.07) is 16.9. The van der Waals surface area contributed by atoms with E-state index in [4.69, 9.17) is 4.74 Å². The lowest BCUT2D eigenvalue weighted by atomic mass is 10.1. The van der Waals surface area contributed by atoms with E-state index in [0.717, 1.165) is 16.8 Å². The van der Waals surface area contributed by atoms with Crippen LogP contribution in [-0.2, 0) is 0 Å². The molecule has 0 aliphatic carbocycles. The molecule has 148 valence electrons. The van der Waals surface area contributed by atoms with E-state index in [0.29, 0.717) is 16.8 Å². The number of H-pyrrole nitrogens is 1. The number of nitrogens with zero attached hydrogens (tertiary/aromatic N) is 2. The Labute approximate surface area is 166 Å². The number of hydrogen-bond donors (Lipinski definition) is 3. The number of para-hydroxylation sites is 1. The number of benzene rings is 2. The van der Waals surface area contributed by atoms with Gasteiger partial charge in [-0.2, -0.15) is 0 Å². The minimum atomic E-state index is -0.955. The lowest BCUT2D eigenvalue weighted by Gasteiger charge is -2.14. The van der Waals surface area contributed by atoms with Crippen molar-refractivity contribution in [2.24, 2.45) is 0 Å². The number of fused-ring (bicyclic) bond motifs is 1. The number of nitrogens with one attached hydrogen (secondary N) is 1. The molecule has 2 heterocycles. The SMILES string of the molecule is CC(O)C(O)COc1ccc(-c2cn(-c3ccccc3)c3nc[nH]c(=O)c23)cc1. The second-order valence-corrected chi connectivity index (χ2v) is 6.82. The summed E-state index contributed by atoms with van der Waals surface area (Å²) in [5.41, 5.74) is 2.88. The van der Waals surface area contributed by atoms with Gasteiger partial charge in [0.25, 0.3) is 5.56 Å². The Bertz CT molecular complexity index is 1160. The van der Waals surface area contributed by atoms with Crippen LogP contribution in [0, 0.1) is 0 Å². The van der Waals surface area contributed by atoms with E-state index in [1.54, 1.807) is 12.1 Å². The van der Waals surface area contributed by atoms with E-state index in [2.05, 4.69) is 9.97 Å². The standard InChI is InChI=1S/C22H21N3O4/c1-14(26)19(27)12-29-17-9-7-15(8-10-17)18-11-25(16-5-3-2-4-6-16)21-20(18)22(28)24-13-23-21/h2-11,13-14,19,26-27H,12H2,1H3,(H,23,24,28). The molecule has 2 aromatic heterocycles. The molecule has 7 nitrogen and oxygen atoms in total. The number of ether oxygens (including phenoxy) is 1. The van der Waals surface area contributed by atoms with Gasteiger partial charge in [0.1, 0.15) is 18.5 Å². The highest BCUT2D eigenvalue weighted by atomic mass is 16.5. The van der Waals surface area contributed by atoms with E-state index in [9.17, 15) is 15.0 Å². The van der Waals surface area contributed by atoms with Crippen molar-refractivity contribution in [3.8, 4) is 22.6 Å². The number of aromatic amines is 1. The van der Waals surface area contributed by atoms with Crippen LogP contribution in [0.1, 0.15) is 6.92 Å². The molecule has 2 unspecified atom stereocenters. The number of rotatable bonds is 6. The number of aliphatic hydroxyl groups is 2. The van der Waals surface area contributed by atoms with Crippen LogP contribution in [0.3, 0.4) is 0 Å². The highest BCUT2D eigenvalue weighted by molar-refractivity contribution is 5.94. The summed E-state index contributed by atoms with van der Waals surface area (Å²) < 4.78 is 7.40. The average molecular weight is 391 g/mol. The lowest BCUT2D eigenvalue weighted by molar-refractivity contribution is 0.00227. The van der Waals surface area contributed by atoms with Crippen molar-refractivity contribution in [1.29, 1.82) is 0 Å². The zero-order chi connectivity index (χ0) is 20.4. The van der Waals surface area contributed by atoms with Gasteiger partial charge in [0, 0.05) is 17.4 Å². The Balaban J connectivity index is 1.72. The Morgan fingerprint density at radius 1 is 1.10 bits per heavy atom. The van der Waals surface area contributed by atoms with E-state index in [-0.39, 0.29) is 12.2 Å². The highest BCUT2D eigenvalue weighted by Gasteiger charge is 2.16. The van der Waals surface area contributed by atoms with E-state index in [1.807, 2.05) is 53.2 Å². The maximum absolute atomic E-state index is 12.5. The Morgan fingerprint density at radius 3 is 2.52 bits per heavy atom. The minimum absolute atomic E-state index is 0.00604. The average Bonchev–Trinajstić information content (AvgIpc) is 3.14. The fourth-order valence-electron chi connectivity index (χ4n) is 3.13. The van der Waals surface area contributed by atoms with Gasteiger partial charge in [0.15, 0.2) is 5.65 Å². The van der Waals surface area contributed by atoms with Crippen LogP contribution >= 0.6 is 0 Å². The van der Waals surface area contributed by atoms with Crippen molar-refractivity contribution in [2.75, 3.05) is 6.61 Å². The number of aliphatic hydroxyl groups excluding tert-OH is 2. The van der Waals surface area contributed by atoms with Crippen LogP contribution in [0.15, 0.2) is 71.9 Å². The van der Waals surface area contributed by atoms with Gasteiger partial charge in [-0.25, -0.2) is 4.98 Å². The molecule has 2 atom stereocenters. The van der Waals surface area contributed by atoms with Crippen molar-refractivity contribution in [2.45, 2.75) is 19.1 Å². The van der Waals surface area contributed by atoms with Gasteiger partial charge in [0.2, 0.25) is 0 Å². The zero-order valence-electron chi connectivity index (χ0n) is 15.8. The van der Waals surface area contributed by atoms with Crippen molar-refractivity contribution >= 4 is 11.0 Å². The molecule has 0 spiro atoms. The summed E-state index contributed by atoms with van der Waals surface area (Å²) >= 11 is 0. The van der Waals surface area contributed by atoms with Gasteiger partial charge in [-0.3, -0.25) is 4.79 Å². The summed E-state index contributed by atoms with van der Waals surface area (Å²) in [6.45, 7) is 1.50. The van der Waals surface area contributed by atoms with Crippen molar-refractivity contribution in [3.05, 3.63) is 77.5 Å². The second kappa shape index (κ2) is 7.90. The molecule has 0 saturated carbocycles. The first-order valence-corrected chi connectivity index (χ1v) is 9.28. The largest absolute Gasteiger partial charge is 0.491 e. The molecule has 0 aliphatic rings. The smallest absolute Gasteiger partial charge is 0.260 e. The van der Waals surface area contributed by atoms with Crippen molar-refractivity contribution in [3.63, 3.8) is 0 Å². The molecule has 0 amide bonds. The summed E-state index contributed by atoms with van der Waals surface area (Å²) in [7, 11) is 0. The maximum atomic E-state index is 12.5. The molecular weight excluding hydrogens is 370 g/mol. The third kappa shape index (κ3) is 3.78. The topological polar surface area (TPSA) is 100 Å². The molecule has 3 N–H and O–H groups in total. The predicted molar refractivity (Wildman–Crippen MR) is 110 cm³/mol. The summed E-state index contributed by atoms with van der Waals surface area (Å²) in [5.74, 6) is 0.562. The Hall–Kier alpha value is -3.42. The molecule has 4 aromatic rings. The van der Waals surface area contributed by atoms with Gasteiger partial charge >= 0.3 is 0 Å². The third-order valence-corrected chi connectivity index (χ3v) is 4.77. The summed E-state index contributed by atoms with van der Waals surface area (Å²) in [4.78, 5) is 19.6. The van der Waals surface area contributed by atoms with Crippen LogP contribution in [0.2, 0.25) is 0 Å². The van der Waals surface area contributed by atoms with Gasteiger partial charge in [-0.05, 0) is 36.8 Å².